The molecule has 1 fully saturated rings. The van der Waals surface area contributed by atoms with Crippen molar-refractivity contribution >= 4 is 5.97 Å². The molecule has 17 heavy (non-hydrogen) atoms. The van der Waals surface area contributed by atoms with E-state index in [9.17, 15) is 14.1 Å². The Morgan fingerprint density at radius 3 is 2.53 bits per heavy atom. The molecule has 0 amide bonds. The van der Waals surface area contributed by atoms with Gasteiger partial charge < -0.3 is 5.11 Å². The fourth-order valence-electron chi connectivity index (χ4n) is 2.15. The summed E-state index contributed by atoms with van der Waals surface area (Å²) in [6.45, 7) is 0.354. The van der Waals surface area contributed by atoms with E-state index in [1.54, 1.807) is 12.1 Å². The Morgan fingerprint density at radius 1 is 1.35 bits per heavy atom. The highest BCUT2D eigenvalue weighted by Gasteiger charge is 2.38. The van der Waals surface area contributed by atoms with Gasteiger partial charge in [0.25, 0.3) is 0 Å². The van der Waals surface area contributed by atoms with E-state index in [0.29, 0.717) is 5.56 Å². The van der Waals surface area contributed by atoms with Gasteiger partial charge in [-0.05, 0) is 17.7 Å². The van der Waals surface area contributed by atoms with Crippen LogP contribution in [0.5, 0.6) is 0 Å². The Kier molecular flexibility index (Phi) is 3.03. The van der Waals surface area contributed by atoms with Gasteiger partial charge in [0.1, 0.15) is 5.82 Å². The van der Waals surface area contributed by atoms with Gasteiger partial charge in [0.15, 0.2) is 0 Å². The van der Waals surface area contributed by atoms with Crippen molar-refractivity contribution in [1.82, 2.24) is 5.01 Å². The molecule has 1 aliphatic heterocycles. The lowest BCUT2D eigenvalue weighted by molar-refractivity contribution is -0.141. The van der Waals surface area contributed by atoms with Crippen LogP contribution in [0.1, 0.15) is 11.5 Å². The molecule has 1 aliphatic rings. The minimum atomic E-state index is -0.967. The van der Waals surface area contributed by atoms with Gasteiger partial charge in [-0.1, -0.05) is 12.1 Å². The molecule has 0 radical (unpaired) electrons. The monoisotopic (exact) mass is 238 g/mol. The summed E-state index contributed by atoms with van der Waals surface area (Å²) in [4.78, 5) is 21.5. The first-order valence-corrected chi connectivity index (χ1v) is 5.18. The number of aliphatic carboxylic acids is 1. The van der Waals surface area contributed by atoms with Gasteiger partial charge in [0.2, 0.25) is 0 Å². The second-order valence-electron chi connectivity index (χ2n) is 4.06. The lowest BCUT2D eigenvalue weighted by Crippen LogP contribution is -2.21. The number of carboxylic acid groups (broad SMARTS) is 1. The number of carboxylic acids is 1. The first kappa shape index (κ1) is 11.5. The average Bonchev–Trinajstić information content (AvgIpc) is 2.74. The largest absolute Gasteiger partial charge is 0.481 e. The zero-order valence-electron chi connectivity index (χ0n) is 8.91. The normalized spacial score (nSPS) is 23.7. The first-order valence-electron chi connectivity index (χ1n) is 5.18. The number of rotatable bonds is 3. The van der Waals surface area contributed by atoms with E-state index in [1.807, 2.05) is 0 Å². The van der Waals surface area contributed by atoms with Crippen molar-refractivity contribution in [3.05, 3.63) is 40.6 Å². The van der Waals surface area contributed by atoms with Crippen LogP contribution in [0.25, 0.3) is 0 Å². The van der Waals surface area contributed by atoms with Crippen molar-refractivity contribution in [1.29, 1.82) is 0 Å². The molecule has 0 saturated carbocycles. The molecule has 1 heterocycles. The third-order valence-corrected chi connectivity index (χ3v) is 3.03. The number of hydrogen-bond acceptors (Lipinski definition) is 3. The average molecular weight is 238 g/mol. The number of nitrogens with zero attached hydrogens (tertiary/aromatic N) is 2. The summed E-state index contributed by atoms with van der Waals surface area (Å²) in [5.74, 6) is -2.35. The Hall–Kier alpha value is -1.98. The maximum absolute atomic E-state index is 12.8. The van der Waals surface area contributed by atoms with Crippen LogP contribution in [0.4, 0.5) is 4.39 Å². The van der Waals surface area contributed by atoms with Crippen molar-refractivity contribution in [2.24, 2.45) is 11.2 Å². The Morgan fingerprint density at radius 2 is 2.00 bits per heavy atom. The first-order chi connectivity index (χ1) is 8.11. The SMILES string of the molecule is O=NN1CC(C(=O)O)C(c2ccc(F)cc2)C1. The number of benzene rings is 1. The quantitative estimate of drug-likeness (QED) is 0.812. The van der Waals surface area contributed by atoms with Gasteiger partial charge in [0.05, 0.1) is 17.7 Å². The molecule has 1 aromatic carbocycles. The molecule has 5 nitrogen and oxygen atoms in total. The summed E-state index contributed by atoms with van der Waals surface area (Å²) in [6, 6.07) is 5.66. The minimum absolute atomic E-state index is 0.0981. The number of hydrogen-bond donors (Lipinski definition) is 1. The van der Waals surface area contributed by atoms with E-state index in [1.165, 1.54) is 17.1 Å². The lowest BCUT2D eigenvalue weighted by Gasteiger charge is -2.13. The molecule has 0 bridgehead atoms. The summed E-state index contributed by atoms with van der Waals surface area (Å²) in [6.07, 6.45) is 0. The number of carbonyl (C=O) groups is 1. The predicted octanol–water partition coefficient (Wildman–Crippen LogP) is 1.61. The van der Waals surface area contributed by atoms with Crippen LogP contribution < -0.4 is 0 Å². The Bertz CT molecular complexity index is 435. The Balaban J connectivity index is 2.26. The van der Waals surface area contributed by atoms with Crippen molar-refractivity contribution in [2.75, 3.05) is 13.1 Å². The molecule has 0 spiro atoms. The van der Waals surface area contributed by atoms with Crippen LogP contribution in [-0.4, -0.2) is 29.2 Å². The van der Waals surface area contributed by atoms with Crippen molar-refractivity contribution in [3.8, 4) is 0 Å². The molecule has 0 aromatic heterocycles. The van der Waals surface area contributed by atoms with Gasteiger partial charge in [-0.3, -0.25) is 9.80 Å². The second-order valence-corrected chi connectivity index (χ2v) is 4.06. The van der Waals surface area contributed by atoms with E-state index >= 15 is 0 Å². The molecule has 90 valence electrons. The highest BCUT2D eigenvalue weighted by Crippen LogP contribution is 2.32. The lowest BCUT2D eigenvalue weighted by atomic mass is 9.89. The molecule has 1 saturated heterocycles. The fraction of sp³-hybridized carbons (Fsp3) is 0.364. The number of nitroso groups, excluding NO2 is 1. The smallest absolute Gasteiger partial charge is 0.309 e. The van der Waals surface area contributed by atoms with Crippen molar-refractivity contribution < 1.29 is 14.3 Å². The van der Waals surface area contributed by atoms with Gasteiger partial charge in [-0.15, -0.1) is 4.91 Å². The van der Waals surface area contributed by atoms with Gasteiger partial charge in [-0.2, -0.15) is 0 Å². The van der Waals surface area contributed by atoms with Crippen LogP contribution in [0.3, 0.4) is 0 Å². The molecule has 0 aliphatic carbocycles. The van der Waals surface area contributed by atoms with E-state index < -0.39 is 11.9 Å². The van der Waals surface area contributed by atoms with E-state index in [4.69, 9.17) is 5.11 Å². The summed E-state index contributed by atoms with van der Waals surface area (Å²) < 4.78 is 12.8. The van der Waals surface area contributed by atoms with E-state index in [0.717, 1.165) is 0 Å². The van der Waals surface area contributed by atoms with Gasteiger partial charge in [0, 0.05) is 12.5 Å². The fourth-order valence-corrected chi connectivity index (χ4v) is 2.15. The predicted molar refractivity (Wildman–Crippen MR) is 57.6 cm³/mol. The van der Waals surface area contributed by atoms with Gasteiger partial charge >= 0.3 is 5.97 Å². The molecular weight excluding hydrogens is 227 g/mol. The molecule has 1 N–H and O–H groups in total. The second kappa shape index (κ2) is 4.48. The minimum Gasteiger partial charge on any atom is -0.481 e. The van der Waals surface area contributed by atoms with Crippen LogP contribution in [0, 0.1) is 16.6 Å². The van der Waals surface area contributed by atoms with Crippen LogP contribution in [0.2, 0.25) is 0 Å². The summed E-state index contributed by atoms with van der Waals surface area (Å²) in [7, 11) is 0. The van der Waals surface area contributed by atoms with Crippen LogP contribution >= 0.6 is 0 Å². The van der Waals surface area contributed by atoms with Crippen LogP contribution in [-0.2, 0) is 4.79 Å². The van der Waals surface area contributed by atoms with E-state index in [2.05, 4.69) is 5.29 Å². The highest BCUT2D eigenvalue weighted by molar-refractivity contribution is 5.72. The molecule has 1 aromatic rings. The molecule has 2 rings (SSSR count). The molecule has 6 heteroatoms. The van der Waals surface area contributed by atoms with Crippen molar-refractivity contribution in [2.45, 2.75) is 5.92 Å². The zero-order chi connectivity index (χ0) is 12.4. The standard InChI is InChI=1S/C11H11FN2O3/c12-8-3-1-7(2-4-8)9-5-14(13-17)6-10(9)11(15)16/h1-4,9-10H,5-6H2,(H,15,16). The van der Waals surface area contributed by atoms with Crippen LogP contribution in [0.15, 0.2) is 29.6 Å². The topological polar surface area (TPSA) is 70.0 Å². The number of halogens is 1. The maximum atomic E-state index is 12.8. The molecule has 2 atom stereocenters. The molecular formula is C11H11FN2O3. The Labute approximate surface area is 96.8 Å². The molecule has 2 unspecified atom stereocenters. The van der Waals surface area contributed by atoms with Crippen molar-refractivity contribution in [3.63, 3.8) is 0 Å². The zero-order valence-corrected chi connectivity index (χ0v) is 8.91. The third-order valence-electron chi connectivity index (χ3n) is 3.03. The summed E-state index contributed by atoms with van der Waals surface area (Å²) in [5.41, 5.74) is 0.713. The summed E-state index contributed by atoms with van der Waals surface area (Å²) in [5, 5.41) is 13.0. The highest BCUT2D eigenvalue weighted by atomic mass is 19.1. The van der Waals surface area contributed by atoms with Gasteiger partial charge in [-0.25, -0.2) is 4.39 Å². The third kappa shape index (κ3) is 2.25. The summed E-state index contributed by atoms with van der Waals surface area (Å²) >= 11 is 0. The van der Waals surface area contributed by atoms with E-state index in [-0.39, 0.29) is 24.8 Å². The maximum Gasteiger partial charge on any atom is 0.309 e.